The van der Waals surface area contributed by atoms with E-state index in [0.717, 1.165) is 0 Å². The molecule has 172 valence electrons. The first-order chi connectivity index (χ1) is 14.8. The average Bonchev–Trinajstić information content (AvgIpc) is 2.72. The van der Waals surface area contributed by atoms with Gasteiger partial charge in [-0.05, 0) is 26.8 Å². The standard InChI is InChI=1S/C19H28N4O8/c1-19(2,3)31-18(25)23-14-10-28-9-8-21(14)17(24)15-16(29-11-26-4)13(6-7-22(15)23)20-30-12-27-5/h6-7,14H,8-12H2,1-5H3/b20-13+/t14-/m1/s1. The third-order valence-corrected chi connectivity index (χ3v) is 4.37. The van der Waals surface area contributed by atoms with Gasteiger partial charge in [0.2, 0.25) is 6.79 Å². The molecule has 3 heterocycles. The number of aromatic nitrogens is 1. The first-order valence-corrected chi connectivity index (χ1v) is 9.72. The molecule has 2 aliphatic rings. The van der Waals surface area contributed by atoms with Crippen molar-refractivity contribution >= 4 is 12.0 Å². The highest BCUT2D eigenvalue weighted by Gasteiger charge is 2.45. The van der Waals surface area contributed by atoms with E-state index in [1.165, 1.54) is 30.1 Å². The Kier molecular flexibility index (Phi) is 7.03. The van der Waals surface area contributed by atoms with Crippen LogP contribution in [0.1, 0.15) is 31.3 Å². The zero-order valence-corrected chi connectivity index (χ0v) is 18.3. The number of nitrogens with zero attached hydrogens (tertiary/aromatic N) is 4. The Morgan fingerprint density at radius 2 is 2.00 bits per heavy atom. The lowest BCUT2D eigenvalue weighted by Crippen LogP contribution is -2.67. The summed E-state index contributed by atoms with van der Waals surface area (Å²) >= 11 is 0. The van der Waals surface area contributed by atoms with Gasteiger partial charge in [0, 0.05) is 27.0 Å². The Labute approximate surface area is 179 Å². The zero-order chi connectivity index (χ0) is 22.6. The molecule has 12 heteroatoms. The van der Waals surface area contributed by atoms with Crippen LogP contribution in [0.3, 0.4) is 0 Å². The van der Waals surface area contributed by atoms with E-state index >= 15 is 0 Å². The van der Waals surface area contributed by atoms with Gasteiger partial charge in [0.1, 0.15) is 11.0 Å². The summed E-state index contributed by atoms with van der Waals surface area (Å²) in [4.78, 5) is 33.2. The van der Waals surface area contributed by atoms with Crippen LogP contribution in [0.2, 0.25) is 0 Å². The lowest BCUT2D eigenvalue weighted by atomic mass is 10.2. The second kappa shape index (κ2) is 9.54. The monoisotopic (exact) mass is 440 g/mol. The number of hydrogen-bond acceptors (Lipinski definition) is 9. The van der Waals surface area contributed by atoms with E-state index in [9.17, 15) is 9.59 Å². The second-order valence-corrected chi connectivity index (χ2v) is 7.78. The van der Waals surface area contributed by atoms with Gasteiger partial charge in [-0.3, -0.25) is 4.79 Å². The minimum absolute atomic E-state index is 0.0858. The van der Waals surface area contributed by atoms with Crippen molar-refractivity contribution in [1.29, 1.82) is 0 Å². The number of methoxy groups -OCH3 is 2. The minimum Gasteiger partial charge on any atom is -0.463 e. The molecule has 0 radical (unpaired) electrons. The maximum atomic E-state index is 13.4. The van der Waals surface area contributed by atoms with Crippen molar-refractivity contribution in [3.63, 3.8) is 0 Å². The Balaban J connectivity index is 2.16. The van der Waals surface area contributed by atoms with Gasteiger partial charge in [-0.2, -0.15) is 5.01 Å². The largest absolute Gasteiger partial charge is 0.463 e. The van der Waals surface area contributed by atoms with Crippen LogP contribution >= 0.6 is 0 Å². The van der Waals surface area contributed by atoms with Gasteiger partial charge in [0.15, 0.2) is 24.4 Å². The van der Waals surface area contributed by atoms with Gasteiger partial charge < -0.3 is 33.4 Å². The van der Waals surface area contributed by atoms with Crippen molar-refractivity contribution in [3.8, 4) is 5.75 Å². The summed E-state index contributed by atoms with van der Waals surface area (Å²) in [6.45, 7) is 5.87. The van der Waals surface area contributed by atoms with E-state index in [2.05, 4.69) is 5.16 Å². The Morgan fingerprint density at radius 1 is 1.26 bits per heavy atom. The molecule has 12 nitrogen and oxygen atoms in total. The molecule has 0 spiro atoms. The van der Waals surface area contributed by atoms with Crippen molar-refractivity contribution in [2.75, 3.05) is 52.6 Å². The summed E-state index contributed by atoms with van der Waals surface area (Å²) in [5.74, 6) is -0.244. The van der Waals surface area contributed by atoms with Crippen molar-refractivity contribution in [3.05, 3.63) is 23.3 Å². The predicted molar refractivity (Wildman–Crippen MR) is 106 cm³/mol. The van der Waals surface area contributed by atoms with E-state index in [1.54, 1.807) is 31.7 Å². The Hall–Kier alpha value is -2.83. The van der Waals surface area contributed by atoms with Crippen LogP contribution in [0, 0.1) is 0 Å². The third kappa shape index (κ3) is 4.92. The summed E-state index contributed by atoms with van der Waals surface area (Å²) in [5, 5.41) is 5.55. The van der Waals surface area contributed by atoms with E-state index in [0.29, 0.717) is 13.2 Å². The SMILES string of the molecule is COCO/N=c1\ccn2c(c1OCOC)C(=O)N1CCOC[C@H]1N2C(=O)OC(C)(C)C. The number of amides is 2. The fourth-order valence-corrected chi connectivity index (χ4v) is 3.20. The predicted octanol–water partition coefficient (Wildman–Crippen LogP) is 0.592. The molecule has 1 aromatic rings. The average molecular weight is 440 g/mol. The number of ether oxygens (including phenoxy) is 5. The lowest BCUT2D eigenvalue weighted by Gasteiger charge is -2.46. The van der Waals surface area contributed by atoms with Gasteiger partial charge in [0.05, 0.1) is 13.2 Å². The molecular weight excluding hydrogens is 412 g/mol. The van der Waals surface area contributed by atoms with E-state index in [4.69, 9.17) is 28.5 Å². The molecule has 1 aromatic heterocycles. The van der Waals surface area contributed by atoms with Crippen molar-refractivity contribution in [2.45, 2.75) is 32.5 Å². The van der Waals surface area contributed by atoms with Crippen molar-refractivity contribution in [1.82, 2.24) is 9.58 Å². The van der Waals surface area contributed by atoms with Crippen LogP contribution in [-0.2, 0) is 23.8 Å². The molecule has 2 aliphatic heterocycles. The molecule has 1 atom stereocenters. The number of carbonyl (C=O) groups is 2. The quantitative estimate of drug-likeness (QED) is 0.359. The second-order valence-electron chi connectivity index (χ2n) is 7.78. The highest BCUT2D eigenvalue weighted by atomic mass is 16.7. The highest BCUT2D eigenvalue weighted by Crippen LogP contribution is 2.27. The maximum Gasteiger partial charge on any atom is 0.431 e. The van der Waals surface area contributed by atoms with Crippen molar-refractivity contribution < 1.29 is 38.1 Å². The van der Waals surface area contributed by atoms with Crippen LogP contribution < -0.4 is 15.1 Å². The maximum absolute atomic E-state index is 13.4. The molecule has 0 bridgehead atoms. The van der Waals surface area contributed by atoms with E-state index < -0.39 is 17.9 Å². The highest BCUT2D eigenvalue weighted by molar-refractivity contribution is 5.98. The van der Waals surface area contributed by atoms with E-state index in [1.807, 2.05) is 0 Å². The molecule has 1 fully saturated rings. The summed E-state index contributed by atoms with van der Waals surface area (Å²) < 4.78 is 28.1. The number of hydrogen-bond donors (Lipinski definition) is 0. The summed E-state index contributed by atoms with van der Waals surface area (Å²) in [6, 6.07) is 1.55. The smallest absolute Gasteiger partial charge is 0.431 e. The molecule has 3 rings (SSSR count). The summed E-state index contributed by atoms with van der Waals surface area (Å²) in [5.41, 5.74) is -0.651. The van der Waals surface area contributed by atoms with Crippen LogP contribution in [0.25, 0.3) is 0 Å². The van der Waals surface area contributed by atoms with Gasteiger partial charge in [-0.15, -0.1) is 0 Å². The fraction of sp³-hybridized carbons (Fsp3) is 0.632. The van der Waals surface area contributed by atoms with Gasteiger partial charge >= 0.3 is 6.09 Å². The molecule has 2 amide bonds. The van der Waals surface area contributed by atoms with E-state index in [-0.39, 0.29) is 42.9 Å². The molecular formula is C19H28N4O8. The Morgan fingerprint density at radius 3 is 2.68 bits per heavy atom. The fourth-order valence-electron chi connectivity index (χ4n) is 3.20. The number of rotatable bonds is 6. The molecule has 31 heavy (non-hydrogen) atoms. The van der Waals surface area contributed by atoms with Gasteiger partial charge in [-0.25, -0.2) is 9.47 Å². The Bertz CT molecular complexity index is 879. The van der Waals surface area contributed by atoms with Gasteiger partial charge in [0.25, 0.3) is 5.91 Å². The van der Waals surface area contributed by atoms with Crippen LogP contribution in [0.4, 0.5) is 4.79 Å². The molecule has 0 N–H and O–H groups in total. The molecule has 0 saturated carbocycles. The zero-order valence-electron chi connectivity index (χ0n) is 18.3. The van der Waals surface area contributed by atoms with Crippen LogP contribution in [-0.4, -0.2) is 80.9 Å². The summed E-state index contributed by atoms with van der Waals surface area (Å²) in [6.07, 6.45) is 0.221. The number of pyridine rings is 1. The number of carbonyl (C=O) groups excluding carboxylic acids is 2. The molecule has 0 aliphatic carbocycles. The molecule has 0 aromatic carbocycles. The first kappa shape index (κ1) is 22.8. The molecule has 1 saturated heterocycles. The summed E-state index contributed by atoms with van der Waals surface area (Å²) in [7, 11) is 2.91. The normalized spacial score (nSPS) is 19.1. The van der Waals surface area contributed by atoms with Crippen molar-refractivity contribution in [2.24, 2.45) is 5.16 Å². The minimum atomic E-state index is -0.738. The number of fused-ring (bicyclic) bond motifs is 2. The van der Waals surface area contributed by atoms with Gasteiger partial charge in [-0.1, -0.05) is 5.16 Å². The lowest BCUT2D eigenvalue weighted by molar-refractivity contribution is -0.0342. The van der Waals surface area contributed by atoms with Crippen LogP contribution in [0.5, 0.6) is 5.75 Å². The molecule has 0 unspecified atom stereocenters. The topological polar surface area (TPSA) is 113 Å². The third-order valence-electron chi connectivity index (χ3n) is 4.37. The van der Waals surface area contributed by atoms with Crippen LogP contribution in [0.15, 0.2) is 17.4 Å². The first-order valence-electron chi connectivity index (χ1n) is 9.72. The number of morpholine rings is 1.